The van der Waals surface area contributed by atoms with Crippen molar-refractivity contribution < 1.29 is 4.74 Å². The maximum Gasteiger partial charge on any atom is 0.171 e. The molecule has 1 rings (SSSR count). The van der Waals surface area contributed by atoms with Crippen molar-refractivity contribution >= 4 is 0 Å². The van der Waals surface area contributed by atoms with Crippen LogP contribution in [0.4, 0.5) is 0 Å². The molecule has 2 nitrogen and oxygen atoms in total. The highest BCUT2D eigenvalue weighted by Gasteiger charge is 2.18. The van der Waals surface area contributed by atoms with E-state index in [1.165, 1.54) is 0 Å². The second-order valence-corrected chi connectivity index (χ2v) is 2.91. The van der Waals surface area contributed by atoms with Gasteiger partial charge in [0.1, 0.15) is 5.76 Å². The highest BCUT2D eigenvalue weighted by atomic mass is 16.5. The van der Waals surface area contributed by atoms with E-state index in [2.05, 4.69) is 26.1 Å². The number of allylic oxidation sites excluding steroid dienone is 1. The van der Waals surface area contributed by atoms with Crippen molar-refractivity contribution in [3.05, 3.63) is 12.0 Å². The summed E-state index contributed by atoms with van der Waals surface area (Å²) in [5, 5.41) is 3.17. The van der Waals surface area contributed by atoms with Gasteiger partial charge in [-0.25, -0.2) is 0 Å². The molecule has 1 N–H and O–H groups in total. The molecule has 1 aliphatic heterocycles. The van der Waals surface area contributed by atoms with E-state index in [1.807, 2.05) is 6.20 Å². The number of hydrogen-bond acceptors (Lipinski definition) is 2. The van der Waals surface area contributed by atoms with Crippen LogP contribution in [-0.2, 0) is 4.74 Å². The molecule has 2 heteroatoms. The van der Waals surface area contributed by atoms with Gasteiger partial charge in [-0.05, 0) is 0 Å². The molecule has 0 aromatic carbocycles. The molecule has 0 aliphatic carbocycles. The highest BCUT2D eigenvalue weighted by Crippen LogP contribution is 2.16. The lowest BCUT2D eigenvalue weighted by Gasteiger charge is -2.15. The van der Waals surface area contributed by atoms with Gasteiger partial charge in [-0.1, -0.05) is 20.8 Å². The maximum atomic E-state index is 5.52. The van der Waals surface area contributed by atoms with Crippen molar-refractivity contribution in [2.75, 3.05) is 0 Å². The number of hydrogen-bond donors (Lipinski definition) is 1. The summed E-state index contributed by atoms with van der Waals surface area (Å²) in [5.74, 6) is 1.61. The van der Waals surface area contributed by atoms with Crippen molar-refractivity contribution in [3.63, 3.8) is 0 Å². The van der Waals surface area contributed by atoms with Crippen LogP contribution in [0.1, 0.15) is 27.2 Å². The SMILES string of the molecule is CCC1=CNC(C(C)C)O1. The summed E-state index contributed by atoms with van der Waals surface area (Å²) in [6.07, 6.45) is 3.15. The zero-order valence-electron chi connectivity index (χ0n) is 6.85. The summed E-state index contributed by atoms with van der Waals surface area (Å²) in [6.45, 7) is 6.38. The monoisotopic (exact) mass is 141 g/mol. The minimum absolute atomic E-state index is 0.204. The fourth-order valence-corrected chi connectivity index (χ4v) is 0.920. The van der Waals surface area contributed by atoms with E-state index in [4.69, 9.17) is 4.74 Å². The number of ether oxygens (including phenoxy) is 1. The minimum Gasteiger partial charge on any atom is -0.473 e. The third-order valence-corrected chi connectivity index (χ3v) is 1.64. The van der Waals surface area contributed by atoms with E-state index >= 15 is 0 Å². The average molecular weight is 141 g/mol. The van der Waals surface area contributed by atoms with Gasteiger partial charge < -0.3 is 10.1 Å². The largest absolute Gasteiger partial charge is 0.473 e. The Morgan fingerprint density at radius 1 is 1.70 bits per heavy atom. The van der Waals surface area contributed by atoms with Crippen LogP contribution in [0.25, 0.3) is 0 Å². The Bertz CT molecular complexity index is 140. The lowest BCUT2D eigenvalue weighted by molar-refractivity contribution is 0.0828. The van der Waals surface area contributed by atoms with Crippen LogP contribution >= 0.6 is 0 Å². The highest BCUT2D eigenvalue weighted by molar-refractivity contribution is 4.97. The topological polar surface area (TPSA) is 21.3 Å². The summed E-state index contributed by atoms with van der Waals surface area (Å²) in [5.41, 5.74) is 0. The quantitative estimate of drug-likeness (QED) is 0.633. The smallest absolute Gasteiger partial charge is 0.171 e. The molecule has 0 bridgehead atoms. The van der Waals surface area contributed by atoms with E-state index in [0.29, 0.717) is 5.92 Å². The van der Waals surface area contributed by atoms with Gasteiger partial charge in [-0.2, -0.15) is 0 Å². The molecule has 1 heterocycles. The first-order valence-electron chi connectivity index (χ1n) is 3.85. The van der Waals surface area contributed by atoms with Crippen LogP contribution in [0.15, 0.2) is 12.0 Å². The Morgan fingerprint density at radius 2 is 2.40 bits per heavy atom. The lowest BCUT2D eigenvalue weighted by atomic mass is 10.2. The summed E-state index contributed by atoms with van der Waals surface area (Å²) < 4.78 is 5.52. The predicted molar refractivity (Wildman–Crippen MR) is 41.2 cm³/mol. The van der Waals surface area contributed by atoms with Crippen LogP contribution in [0.5, 0.6) is 0 Å². The Hall–Kier alpha value is -0.660. The standard InChI is InChI=1S/C8H15NO/c1-4-7-5-9-8(10-7)6(2)3/h5-6,8-9H,4H2,1-3H3. The minimum atomic E-state index is 0.204. The summed E-state index contributed by atoms with van der Waals surface area (Å²) in [4.78, 5) is 0. The van der Waals surface area contributed by atoms with E-state index in [0.717, 1.165) is 12.2 Å². The third-order valence-electron chi connectivity index (χ3n) is 1.64. The zero-order chi connectivity index (χ0) is 7.56. The molecule has 0 amide bonds. The molecule has 0 aromatic rings. The Kier molecular flexibility index (Phi) is 2.20. The van der Waals surface area contributed by atoms with Gasteiger partial charge in [-0.3, -0.25) is 0 Å². The first kappa shape index (κ1) is 7.45. The zero-order valence-corrected chi connectivity index (χ0v) is 6.85. The molecule has 1 unspecified atom stereocenters. The van der Waals surface area contributed by atoms with Crippen molar-refractivity contribution in [2.24, 2.45) is 5.92 Å². The fourth-order valence-electron chi connectivity index (χ4n) is 0.920. The van der Waals surface area contributed by atoms with E-state index < -0.39 is 0 Å². The lowest BCUT2D eigenvalue weighted by Crippen LogP contribution is -2.26. The molecular weight excluding hydrogens is 126 g/mol. The predicted octanol–water partition coefficient (Wildman–Crippen LogP) is 1.84. The molecular formula is C8H15NO. The van der Waals surface area contributed by atoms with Crippen LogP contribution in [0.3, 0.4) is 0 Å². The van der Waals surface area contributed by atoms with E-state index in [1.54, 1.807) is 0 Å². The maximum absolute atomic E-state index is 5.52. The molecule has 58 valence electrons. The Morgan fingerprint density at radius 3 is 2.70 bits per heavy atom. The summed E-state index contributed by atoms with van der Waals surface area (Å²) in [6, 6.07) is 0. The first-order valence-corrected chi connectivity index (χ1v) is 3.85. The van der Waals surface area contributed by atoms with Gasteiger partial charge in [0.25, 0.3) is 0 Å². The molecule has 10 heavy (non-hydrogen) atoms. The van der Waals surface area contributed by atoms with Gasteiger partial charge in [0.15, 0.2) is 6.23 Å². The van der Waals surface area contributed by atoms with Crippen LogP contribution < -0.4 is 5.32 Å². The summed E-state index contributed by atoms with van der Waals surface area (Å²) in [7, 11) is 0. The number of rotatable bonds is 2. The van der Waals surface area contributed by atoms with Gasteiger partial charge >= 0.3 is 0 Å². The normalized spacial score (nSPS) is 24.0. The van der Waals surface area contributed by atoms with Gasteiger partial charge in [0.05, 0.1) is 0 Å². The van der Waals surface area contributed by atoms with E-state index in [9.17, 15) is 0 Å². The third kappa shape index (κ3) is 1.43. The molecule has 0 fully saturated rings. The van der Waals surface area contributed by atoms with E-state index in [-0.39, 0.29) is 6.23 Å². The summed E-state index contributed by atoms with van der Waals surface area (Å²) >= 11 is 0. The molecule has 1 aliphatic rings. The number of nitrogens with one attached hydrogen (secondary N) is 1. The van der Waals surface area contributed by atoms with Crippen LogP contribution in [0.2, 0.25) is 0 Å². The molecule has 1 atom stereocenters. The van der Waals surface area contributed by atoms with Gasteiger partial charge in [-0.15, -0.1) is 0 Å². The molecule has 0 aromatic heterocycles. The van der Waals surface area contributed by atoms with Gasteiger partial charge in [0.2, 0.25) is 0 Å². The second kappa shape index (κ2) is 2.95. The van der Waals surface area contributed by atoms with Crippen molar-refractivity contribution in [1.82, 2.24) is 5.32 Å². The van der Waals surface area contributed by atoms with Crippen molar-refractivity contribution in [3.8, 4) is 0 Å². The molecule has 0 saturated carbocycles. The van der Waals surface area contributed by atoms with Crippen LogP contribution in [0, 0.1) is 5.92 Å². The van der Waals surface area contributed by atoms with Crippen molar-refractivity contribution in [2.45, 2.75) is 33.4 Å². The first-order chi connectivity index (χ1) is 4.74. The molecule has 0 saturated heterocycles. The Labute approximate surface area is 62.3 Å². The molecule has 0 spiro atoms. The van der Waals surface area contributed by atoms with Gasteiger partial charge in [0, 0.05) is 18.5 Å². The van der Waals surface area contributed by atoms with Crippen molar-refractivity contribution in [1.29, 1.82) is 0 Å². The average Bonchev–Trinajstić information content (AvgIpc) is 2.34. The van der Waals surface area contributed by atoms with Crippen LogP contribution in [-0.4, -0.2) is 6.23 Å². The molecule has 0 radical (unpaired) electrons. The fraction of sp³-hybridized carbons (Fsp3) is 0.750. The Balaban J connectivity index is 2.36. The second-order valence-electron chi connectivity index (χ2n) is 2.91.